The highest BCUT2D eigenvalue weighted by Crippen LogP contribution is 2.34. The molecule has 1 saturated carbocycles. The molecule has 0 spiro atoms. The number of benzene rings is 1. The Hall–Kier alpha value is -5.19. The fraction of sp³-hybridized carbons (Fsp3) is 0.571. The number of fused-ring (bicyclic) bond motifs is 2. The molecule has 338 valence electrons. The minimum atomic E-state index is -1.21. The van der Waals surface area contributed by atoms with Gasteiger partial charge in [0.25, 0.3) is 23.3 Å². The first kappa shape index (κ1) is 44.4. The van der Waals surface area contributed by atoms with Gasteiger partial charge >= 0.3 is 0 Å². The van der Waals surface area contributed by atoms with E-state index in [2.05, 4.69) is 25.8 Å². The zero-order valence-corrected chi connectivity index (χ0v) is 36.0. The van der Waals surface area contributed by atoms with Gasteiger partial charge in [-0.25, -0.2) is 17.8 Å². The molecule has 4 aliphatic heterocycles. The number of anilines is 1. The molecule has 2 unspecified atom stereocenters. The summed E-state index contributed by atoms with van der Waals surface area (Å²) in [4.78, 5) is 87.9. The molecule has 4 fully saturated rings. The molecular weight excluding hydrogens is 837 g/mol. The van der Waals surface area contributed by atoms with Crippen LogP contribution in [0.2, 0.25) is 0 Å². The van der Waals surface area contributed by atoms with Crippen LogP contribution in [0.3, 0.4) is 0 Å². The van der Waals surface area contributed by atoms with Crippen LogP contribution in [0.5, 0.6) is 5.75 Å². The van der Waals surface area contributed by atoms with Crippen molar-refractivity contribution in [1.82, 2.24) is 43.6 Å². The molecule has 3 N–H and O–H groups in total. The van der Waals surface area contributed by atoms with Gasteiger partial charge in [0.1, 0.15) is 17.4 Å². The number of ether oxygens (including phenoxy) is 3. The zero-order valence-electron chi connectivity index (χ0n) is 35.2. The Labute approximate surface area is 366 Å². The van der Waals surface area contributed by atoms with Crippen LogP contribution in [0, 0.1) is 0 Å². The Bertz CT molecular complexity index is 2270. The van der Waals surface area contributed by atoms with Gasteiger partial charge in [0.2, 0.25) is 17.8 Å². The number of aromatic nitrogens is 3. The van der Waals surface area contributed by atoms with E-state index in [9.17, 15) is 33.0 Å². The molecule has 1 aromatic carbocycles. The largest absolute Gasteiger partial charge is 0.483 e. The Balaban J connectivity index is 0.660. The number of rotatable bonds is 18. The lowest BCUT2D eigenvalue weighted by Crippen LogP contribution is -2.54. The van der Waals surface area contributed by atoms with E-state index in [-0.39, 0.29) is 60.5 Å². The summed E-state index contributed by atoms with van der Waals surface area (Å²) in [7, 11) is 0. The van der Waals surface area contributed by atoms with E-state index >= 15 is 0 Å². The fourth-order valence-corrected chi connectivity index (χ4v) is 10.1. The summed E-state index contributed by atoms with van der Waals surface area (Å²) >= 11 is -1.21. The van der Waals surface area contributed by atoms with Gasteiger partial charge in [-0.1, -0.05) is 18.9 Å². The van der Waals surface area contributed by atoms with Gasteiger partial charge in [-0.2, -0.15) is 4.98 Å². The molecule has 1 aliphatic carbocycles. The third kappa shape index (κ3) is 10.4. The number of piperazine rings is 1. The van der Waals surface area contributed by atoms with Crippen molar-refractivity contribution in [3.8, 4) is 5.75 Å². The lowest BCUT2D eigenvalue weighted by molar-refractivity contribution is -0.136. The zero-order chi connectivity index (χ0) is 43.9. The Morgan fingerprint density at radius 3 is 2.35 bits per heavy atom. The molecule has 6 heterocycles. The summed E-state index contributed by atoms with van der Waals surface area (Å²) in [6, 6.07) is 7.09. The third-order valence-electron chi connectivity index (χ3n) is 12.2. The molecule has 3 aromatic rings. The van der Waals surface area contributed by atoms with Crippen LogP contribution in [0.25, 0.3) is 11.0 Å². The first-order chi connectivity index (χ1) is 30.6. The molecule has 8 rings (SSSR count). The molecule has 0 radical (unpaired) electrons. The predicted molar refractivity (Wildman–Crippen MR) is 229 cm³/mol. The summed E-state index contributed by atoms with van der Waals surface area (Å²) in [5, 5.41) is 9.18. The summed E-state index contributed by atoms with van der Waals surface area (Å²) < 4.78 is 36.4. The first-order valence-corrected chi connectivity index (χ1v) is 22.9. The van der Waals surface area contributed by atoms with Crippen molar-refractivity contribution in [2.45, 2.75) is 69.5 Å². The SMILES string of the molecule is O=C(COc1cccc2c1C(=O)N(C1CCC(=O)NC1=O)C2=O)NCCOCCOCCN1CCN(S(=O)N2CCC(Nc3ncc4ccc(=O)n(C5CCCC5)c4n3)CC2)CC1. The predicted octanol–water partition coefficient (Wildman–Crippen LogP) is 0.609. The highest BCUT2D eigenvalue weighted by Gasteiger charge is 2.46. The van der Waals surface area contributed by atoms with Crippen LogP contribution in [-0.4, -0.2) is 164 Å². The van der Waals surface area contributed by atoms with Gasteiger partial charge in [-0.15, -0.1) is 0 Å². The summed E-state index contributed by atoms with van der Waals surface area (Å²) in [6.07, 6.45) is 7.69. The number of hydrogen-bond donors (Lipinski definition) is 3. The van der Waals surface area contributed by atoms with Crippen LogP contribution in [0.15, 0.2) is 41.3 Å². The normalized spacial score (nSPS) is 21.2. The number of carbonyl (C=O) groups is 5. The molecule has 2 aromatic heterocycles. The van der Waals surface area contributed by atoms with E-state index in [1.54, 1.807) is 18.3 Å². The second kappa shape index (κ2) is 20.5. The minimum Gasteiger partial charge on any atom is -0.483 e. The van der Waals surface area contributed by atoms with Gasteiger partial charge in [-0.05, 0) is 50.3 Å². The Kier molecular flexibility index (Phi) is 14.5. The van der Waals surface area contributed by atoms with Crippen molar-refractivity contribution >= 4 is 57.7 Å². The van der Waals surface area contributed by atoms with Crippen LogP contribution in [0.4, 0.5) is 5.95 Å². The quantitative estimate of drug-likeness (QED) is 0.118. The maximum absolute atomic E-state index is 13.5. The van der Waals surface area contributed by atoms with Crippen LogP contribution in [0.1, 0.15) is 78.1 Å². The van der Waals surface area contributed by atoms with Crippen LogP contribution < -0.4 is 26.2 Å². The molecule has 3 saturated heterocycles. The second-order valence-electron chi connectivity index (χ2n) is 16.3. The molecule has 2 atom stereocenters. The Morgan fingerprint density at radius 1 is 0.841 bits per heavy atom. The van der Waals surface area contributed by atoms with E-state index in [0.29, 0.717) is 57.6 Å². The highest BCUT2D eigenvalue weighted by molar-refractivity contribution is 7.80. The van der Waals surface area contributed by atoms with E-state index in [0.717, 1.165) is 68.4 Å². The molecule has 0 bridgehead atoms. The second-order valence-corrected chi connectivity index (χ2v) is 17.8. The van der Waals surface area contributed by atoms with Crippen molar-refractivity contribution in [3.05, 3.63) is 58.0 Å². The van der Waals surface area contributed by atoms with Gasteiger partial charge in [0.15, 0.2) is 17.8 Å². The monoisotopic (exact) mass is 890 g/mol. The summed E-state index contributed by atoms with van der Waals surface area (Å²) in [6.45, 7) is 6.46. The van der Waals surface area contributed by atoms with Crippen LogP contribution in [-0.2, 0) is 35.0 Å². The van der Waals surface area contributed by atoms with E-state index in [1.165, 1.54) is 18.2 Å². The molecule has 5 aliphatic rings. The number of imide groups is 2. The summed E-state index contributed by atoms with van der Waals surface area (Å²) in [5.74, 6) is -2.42. The smallest absolute Gasteiger partial charge is 0.266 e. The number of hydrogen-bond acceptors (Lipinski definition) is 14. The number of amides is 5. The topological polar surface area (TPSA) is 227 Å². The van der Waals surface area contributed by atoms with E-state index < -0.39 is 53.4 Å². The van der Waals surface area contributed by atoms with E-state index in [1.807, 2.05) is 13.2 Å². The fourth-order valence-electron chi connectivity index (χ4n) is 8.81. The Morgan fingerprint density at radius 2 is 1.59 bits per heavy atom. The van der Waals surface area contributed by atoms with Crippen molar-refractivity contribution in [2.75, 3.05) is 90.7 Å². The standard InChI is InChI=1S/C42H54N10O10S/c53-34-10-9-32(39(56)46-34)52-40(57)31-6-3-7-33(37(31)41(52)58)62-27-35(54)43-14-22-60-24-25-61-23-21-48-17-19-50(20-18-48)63(59)49-15-12-29(13-16-49)45-42-44-26-28-8-11-36(55)51(38(28)47-42)30-4-1-2-5-30/h3,6-8,11,26,29-30,32H,1-2,4-5,9-10,12-25,27H2,(H,43,54)(H,44,45,47)(H,46,53,56). The van der Waals surface area contributed by atoms with Gasteiger partial charge in [0.05, 0.1) is 37.6 Å². The number of pyridine rings is 1. The third-order valence-corrected chi connectivity index (χ3v) is 13.8. The van der Waals surface area contributed by atoms with Crippen molar-refractivity contribution in [1.29, 1.82) is 0 Å². The van der Waals surface area contributed by atoms with Crippen LogP contribution >= 0.6 is 0 Å². The summed E-state index contributed by atoms with van der Waals surface area (Å²) in [5.41, 5.74) is 0.710. The first-order valence-electron chi connectivity index (χ1n) is 21.8. The highest BCUT2D eigenvalue weighted by atomic mass is 32.2. The van der Waals surface area contributed by atoms with E-state index in [4.69, 9.17) is 19.2 Å². The lowest BCUT2D eigenvalue weighted by atomic mass is 10.0. The minimum absolute atomic E-state index is 0.00963. The maximum Gasteiger partial charge on any atom is 0.266 e. The molecule has 21 heteroatoms. The molecule has 63 heavy (non-hydrogen) atoms. The molecule has 20 nitrogen and oxygen atoms in total. The molecular formula is C42H54N10O10S. The maximum atomic E-state index is 13.5. The van der Waals surface area contributed by atoms with Crippen molar-refractivity contribution in [3.63, 3.8) is 0 Å². The average molecular weight is 891 g/mol. The lowest BCUT2D eigenvalue weighted by Gasteiger charge is -2.38. The number of piperidine rings is 2. The number of carbonyl (C=O) groups excluding carboxylic acids is 5. The van der Waals surface area contributed by atoms with Gasteiger partial charge < -0.3 is 24.8 Å². The van der Waals surface area contributed by atoms with Crippen molar-refractivity contribution < 1.29 is 42.4 Å². The molecule has 5 amide bonds. The van der Waals surface area contributed by atoms with Crippen molar-refractivity contribution in [2.24, 2.45) is 0 Å². The van der Waals surface area contributed by atoms with Gasteiger partial charge in [-0.3, -0.25) is 48.5 Å². The van der Waals surface area contributed by atoms with Gasteiger partial charge in [0, 0.05) is 88.5 Å². The average Bonchev–Trinajstić information content (AvgIpc) is 3.91. The number of nitrogens with one attached hydrogen (secondary N) is 3. The number of nitrogens with zero attached hydrogens (tertiary/aromatic N) is 7.